The first kappa shape index (κ1) is 79.2. The number of carbonyl (C=O) groups is 3. The minimum Gasteiger partial charge on any atom is -0.493 e. The summed E-state index contributed by atoms with van der Waals surface area (Å²) < 4.78 is 33.7. The van der Waals surface area contributed by atoms with E-state index in [1.54, 1.807) is 24.3 Å². The van der Waals surface area contributed by atoms with Crippen molar-refractivity contribution in [1.29, 1.82) is 0 Å². The molecular weight excluding hydrogens is 1210 g/mol. The van der Waals surface area contributed by atoms with Crippen molar-refractivity contribution in [3.05, 3.63) is 129 Å². The summed E-state index contributed by atoms with van der Waals surface area (Å²) >= 11 is 13.2. The number of nitrogens with two attached hydrogens (primary N) is 1. The molecule has 0 aliphatic rings. The summed E-state index contributed by atoms with van der Waals surface area (Å²) in [4.78, 5) is 42.2. The Morgan fingerprint density at radius 1 is 0.462 bits per heavy atom. The lowest BCUT2D eigenvalue weighted by atomic mass is 9.79. The van der Waals surface area contributed by atoms with Crippen LogP contribution in [0.5, 0.6) is 11.5 Å². The van der Waals surface area contributed by atoms with Crippen LogP contribution in [0.2, 0.25) is 43.3 Å². The topological polar surface area (TPSA) is 147 Å². The Bertz CT molecular complexity index is 2510. The molecule has 510 valence electrons. The maximum absolute atomic E-state index is 14.7. The highest BCUT2D eigenvalue weighted by Crippen LogP contribution is 2.46. The van der Waals surface area contributed by atoms with Crippen molar-refractivity contribution < 1.29 is 37.4 Å². The third kappa shape index (κ3) is 25.5. The lowest BCUT2D eigenvalue weighted by Gasteiger charge is -2.42. The molecular formula is C76H121Cl2N3O8Si2. The molecule has 0 aliphatic carbocycles. The number of amides is 2. The van der Waals surface area contributed by atoms with Crippen LogP contribution in [0.1, 0.15) is 241 Å². The molecule has 15 heteroatoms. The van der Waals surface area contributed by atoms with Gasteiger partial charge >= 0.3 is 5.97 Å². The maximum atomic E-state index is 14.7. The smallest absolute Gasteiger partial charge is 0.326 e. The molecule has 0 radical (unpaired) electrons. The molecule has 2 amide bonds. The molecule has 0 unspecified atom stereocenters. The van der Waals surface area contributed by atoms with E-state index in [9.17, 15) is 14.4 Å². The van der Waals surface area contributed by atoms with Crippen LogP contribution in [0.15, 0.2) is 97.1 Å². The van der Waals surface area contributed by atoms with E-state index in [-0.39, 0.29) is 5.92 Å². The first-order valence-corrected chi connectivity index (χ1v) is 40.2. The number of carbonyl (C=O) groups excluding carboxylic acids is 3. The van der Waals surface area contributed by atoms with Crippen molar-refractivity contribution in [3.63, 3.8) is 0 Å². The minimum atomic E-state index is -1.82. The fourth-order valence-electron chi connectivity index (χ4n) is 14.2. The Hall–Kier alpha value is -4.22. The number of nitrogens with one attached hydrogen (secondary N) is 2. The highest BCUT2D eigenvalue weighted by molar-refractivity contribution is 6.78. The highest BCUT2D eigenvalue weighted by atomic mass is 35.5. The normalized spacial score (nSPS) is 13.1. The zero-order chi connectivity index (χ0) is 67.0. The number of halogens is 2. The van der Waals surface area contributed by atoms with Gasteiger partial charge in [0.15, 0.2) is 22.2 Å². The third-order valence-electron chi connectivity index (χ3n) is 18.7. The Labute approximate surface area is 564 Å². The molecule has 11 nitrogen and oxygen atoms in total. The van der Waals surface area contributed by atoms with Gasteiger partial charge in [0.1, 0.15) is 24.1 Å². The predicted octanol–water partition coefficient (Wildman–Crippen LogP) is 20.2. The second-order valence-electron chi connectivity index (χ2n) is 28.0. The first-order valence-electron chi connectivity index (χ1n) is 35.2. The SMILES string of the molecule is CC(C)C[C@H](NC(=O)[C@@H](N)Cc1ccccc1)C(=O)NCC(=O)OC(c1ccc(Cl)cc1)(c1ccc(Cl)cc1)c1cc(OCCCCCCCCCCCO[Si](C(C)C)(C(C)C)C(C)C)cc(OCCCCCCCCCCCO[Si](C(C)C)(C(C)C)C(C)C)c1. The molecule has 4 N–H and O–H groups in total. The molecule has 4 rings (SSSR count). The van der Waals surface area contributed by atoms with E-state index in [0.717, 1.165) is 70.1 Å². The van der Waals surface area contributed by atoms with E-state index in [1.807, 2.05) is 86.6 Å². The Kier molecular flexibility index (Phi) is 36.2. The molecule has 0 spiro atoms. The zero-order valence-electron chi connectivity index (χ0n) is 58.7. The Balaban J connectivity index is 1.49. The lowest BCUT2D eigenvalue weighted by Crippen LogP contribution is -2.53. The van der Waals surface area contributed by atoms with Crippen LogP contribution >= 0.6 is 23.2 Å². The molecule has 91 heavy (non-hydrogen) atoms. The van der Waals surface area contributed by atoms with Crippen LogP contribution in [-0.4, -0.2) is 79.5 Å². The van der Waals surface area contributed by atoms with Crippen molar-refractivity contribution in [2.75, 3.05) is 33.0 Å². The molecule has 4 aromatic rings. The molecule has 0 saturated carbocycles. The quantitative estimate of drug-likeness (QED) is 0.0170. The van der Waals surface area contributed by atoms with E-state index in [1.165, 1.54) is 64.2 Å². The monoisotopic (exact) mass is 1330 g/mol. The van der Waals surface area contributed by atoms with Gasteiger partial charge < -0.3 is 39.4 Å². The average Bonchev–Trinajstić information content (AvgIpc) is 0.754. The minimum absolute atomic E-state index is 0.0350. The number of unbranched alkanes of at least 4 members (excludes halogenated alkanes) is 16. The van der Waals surface area contributed by atoms with Gasteiger partial charge in [0, 0.05) is 46.0 Å². The second kappa shape index (κ2) is 41.6. The zero-order valence-corrected chi connectivity index (χ0v) is 62.2. The number of ether oxygens (including phenoxy) is 3. The van der Waals surface area contributed by atoms with Gasteiger partial charge in [-0.25, -0.2) is 0 Å². The van der Waals surface area contributed by atoms with Crippen molar-refractivity contribution in [3.8, 4) is 11.5 Å². The summed E-state index contributed by atoms with van der Waals surface area (Å²) in [6, 6.07) is 27.8. The van der Waals surface area contributed by atoms with Crippen LogP contribution in [-0.2, 0) is 40.0 Å². The van der Waals surface area contributed by atoms with Crippen LogP contribution < -0.4 is 25.8 Å². The van der Waals surface area contributed by atoms with Crippen molar-refractivity contribution in [2.45, 2.75) is 276 Å². The van der Waals surface area contributed by atoms with Gasteiger partial charge in [-0.1, -0.05) is 265 Å². The molecule has 2 atom stereocenters. The second-order valence-corrected chi connectivity index (χ2v) is 39.8. The van der Waals surface area contributed by atoms with Crippen molar-refractivity contribution in [1.82, 2.24) is 10.6 Å². The number of rotatable bonds is 47. The number of hydrogen-bond donors (Lipinski definition) is 3. The van der Waals surface area contributed by atoms with E-state index in [4.69, 9.17) is 52.0 Å². The summed E-state index contributed by atoms with van der Waals surface area (Å²) in [6.07, 6.45) is 21.2. The Morgan fingerprint density at radius 2 is 0.824 bits per heavy atom. The van der Waals surface area contributed by atoms with E-state index < -0.39 is 58.6 Å². The van der Waals surface area contributed by atoms with Gasteiger partial charge in [-0.15, -0.1) is 0 Å². The fraction of sp³-hybridized carbons (Fsp3) is 0.645. The van der Waals surface area contributed by atoms with Gasteiger partial charge in [-0.3, -0.25) is 14.4 Å². The van der Waals surface area contributed by atoms with Crippen LogP contribution in [0.3, 0.4) is 0 Å². The summed E-state index contributed by atoms with van der Waals surface area (Å²) in [5.74, 6) is -0.525. The third-order valence-corrected chi connectivity index (χ3v) is 31.4. The molecule has 0 aliphatic heterocycles. The lowest BCUT2D eigenvalue weighted by molar-refractivity contribution is -0.153. The largest absolute Gasteiger partial charge is 0.493 e. The molecule has 0 aromatic heterocycles. The van der Waals surface area contributed by atoms with Gasteiger partial charge in [0.25, 0.3) is 0 Å². The molecule has 0 bridgehead atoms. The summed E-state index contributed by atoms with van der Waals surface area (Å²) in [6.45, 7) is 34.5. The summed E-state index contributed by atoms with van der Waals surface area (Å²) in [5.41, 5.74) is 11.1. The molecule has 4 aromatic carbocycles. The summed E-state index contributed by atoms with van der Waals surface area (Å²) in [7, 11) is -3.63. The maximum Gasteiger partial charge on any atom is 0.326 e. The van der Waals surface area contributed by atoms with Gasteiger partial charge in [-0.05, 0) is 120 Å². The van der Waals surface area contributed by atoms with E-state index in [0.29, 0.717) is 97.5 Å². The van der Waals surface area contributed by atoms with Crippen LogP contribution in [0, 0.1) is 5.92 Å². The van der Waals surface area contributed by atoms with Gasteiger partial charge in [0.2, 0.25) is 11.8 Å². The number of benzene rings is 4. The van der Waals surface area contributed by atoms with E-state index in [2.05, 4.69) is 93.7 Å². The number of esters is 1. The first-order chi connectivity index (χ1) is 43.4. The van der Waals surface area contributed by atoms with Crippen molar-refractivity contribution in [2.24, 2.45) is 11.7 Å². The Morgan fingerprint density at radius 3 is 1.19 bits per heavy atom. The summed E-state index contributed by atoms with van der Waals surface area (Å²) in [5, 5.41) is 6.66. The highest BCUT2D eigenvalue weighted by Gasteiger charge is 2.46. The van der Waals surface area contributed by atoms with Gasteiger partial charge in [0.05, 0.1) is 19.3 Å². The average molecular weight is 1330 g/mol. The molecule has 0 heterocycles. The number of hydrogen-bond acceptors (Lipinski definition) is 9. The molecule has 0 fully saturated rings. The van der Waals surface area contributed by atoms with Crippen molar-refractivity contribution >= 4 is 57.6 Å². The van der Waals surface area contributed by atoms with E-state index >= 15 is 0 Å². The van der Waals surface area contributed by atoms with Gasteiger partial charge in [-0.2, -0.15) is 0 Å². The van der Waals surface area contributed by atoms with Crippen LogP contribution in [0.25, 0.3) is 0 Å². The molecule has 0 saturated heterocycles. The van der Waals surface area contributed by atoms with Crippen LogP contribution in [0.4, 0.5) is 0 Å². The standard InChI is InChI=1S/C76H121Cl2N3O8Si2/c1-56(2)50-72(81-74(83)71(79)51-63-36-30-29-31-37-63)75(84)80-55-73(82)89-76(64-38-42-67(77)43-39-64,65-40-44-68(78)45-41-65)66-52-69(85-46-32-25-21-17-15-19-23-27-34-48-87-90(57(3)4,58(5)6)59(7)8)54-70(53-66)86-47-33-26-22-18-16-20-24-28-35-49-88-91(60(9)10,61(11)12)62(13)14/h29-31,36-45,52-54,56-62,71-72H,15-28,32-35,46-51,55,79H2,1-14H3,(H,80,84)(H,81,83)/t71-,72-/m0/s1. The predicted molar refractivity (Wildman–Crippen MR) is 386 cm³/mol. The fourth-order valence-corrected chi connectivity index (χ4v) is 25.4.